The van der Waals surface area contributed by atoms with Gasteiger partial charge >= 0.3 is 0 Å². The standard InChI is InChI=1S/C18H19N3O2/c1-3-23-14-10-8-13(9-11-14)18(22)19-12-16-15-6-4-5-7-17(15)21(2)20-16/h4-11H,3,12H2,1-2H3,(H,19,22). The van der Waals surface area contributed by atoms with Gasteiger partial charge in [0.15, 0.2) is 0 Å². The Kier molecular flexibility index (Phi) is 4.28. The summed E-state index contributed by atoms with van der Waals surface area (Å²) in [6.07, 6.45) is 0. The Bertz CT molecular complexity index is 822. The molecule has 0 radical (unpaired) electrons. The van der Waals surface area contributed by atoms with Crippen LogP contribution in [0, 0.1) is 0 Å². The summed E-state index contributed by atoms with van der Waals surface area (Å²) in [6.45, 7) is 2.93. The second kappa shape index (κ2) is 6.52. The van der Waals surface area contributed by atoms with Crippen LogP contribution in [0.4, 0.5) is 0 Å². The highest BCUT2D eigenvalue weighted by Crippen LogP contribution is 2.17. The first-order valence-electron chi connectivity index (χ1n) is 7.60. The van der Waals surface area contributed by atoms with E-state index >= 15 is 0 Å². The van der Waals surface area contributed by atoms with Crippen LogP contribution in [0.3, 0.4) is 0 Å². The number of carbonyl (C=O) groups excluding carboxylic acids is 1. The molecule has 0 fully saturated rings. The first-order valence-corrected chi connectivity index (χ1v) is 7.60. The number of aryl methyl sites for hydroxylation is 1. The number of ether oxygens (including phenoxy) is 1. The average molecular weight is 309 g/mol. The maximum absolute atomic E-state index is 12.2. The van der Waals surface area contributed by atoms with Crippen molar-refractivity contribution in [2.45, 2.75) is 13.5 Å². The van der Waals surface area contributed by atoms with Gasteiger partial charge in [0, 0.05) is 18.0 Å². The van der Waals surface area contributed by atoms with Gasteiger partial charge in [-0.05, 0) is 37.3 Å². The molecule has 0 spiro atoms. The monoisotopic (exact) mass is 309 g/mol. The van der Waals surface area contributed by atoms with Gasteiger partial charge in [0.1, 0.15) is 5.75 Å². The first kappa shape index (κ1) is 15.1. The van der Waals surface area contributed by atoms with Gasteiger partial charge in [-0.1, -0.05) is 18.2 Å². The van der Waals surface area contributed by atoms with Gasteiger partial charge in [0.05, 0.1) is 24.4 Å². The van der Waals surface area contributed by atoms with Crippen LogP contribution in [-0.4, -0.2) is 22.3 Å². The fourth-order valence-electron chi connectivity index (χ4n) is 2.55. The fraction of sp³-hybridized carbons (Fsp3) is 0.222. The summed E-state index contributed by atoms with van der Waals surface area (Å²) in [7, 11) is 1.90. The number of nitrogens with zero attached hydrogens (tertiary/aromatic N) is 2. The minimum absolute atomic E-state index is 0.122. The molecule has 3 aromatic rings. The summed E-state index contributed by atoms with van der Waals surface area (Å²) < 4.78 is 7.20. The molecule has 0 aliphatic carbocycles. The molecule has 3 rings (SSSR count). The number of hydrogen-bond donors (Lipinski definition) is 1. The number of rotatable bonds is 5. The molecule has 1 N–H and O–H groups in total. The van der Waals surface area contributed by atoms with Gasteiger partial charge in [0.2, 0.25) is 0 Å². The summed E-state index contributed by atoms with van der Waals surface area (Å²) in [5.74, 6) is 0.641. The van der Waals surface area contributed by atoms with Crippen LogP contribution in [0.15, 0.2) is 48.5 Å². The molecule has 0 atom stereocenters. The lowest BCUT2D eigenvalue weighted by Crippen LogP contribution is -2.23. The molecule has 1 heterocycles. The Balaban J connectivity index is 1.70. The van der Waals surface area contributed by atoms with E-state index in [4.69, 9.17) is 4.74 Å². The zero-order valence-corrected chi connectivity index (χ0v) is 13.2. The van der Waals surface area contributed by atoms with E-state index in [0.717, 1.165) is 22.3 Å². The zero-order chi connectivity index (χ0) is 16.2. The maximum Gasteiger partial charge on any atom is 0.251 e. The zero-order valence-electron chi connectivity index (χ0n) is 13.2. The van der Waals surface area contributed by atoms with E-state index in [0.29, 0.717) is 18.7 Å². The van der Waals surface area contributed by atoms with Gasteiger partial charge in [-0.15, -0.1) is 0 Å². The van der Waals surface area contributed by atoms with Crippen LogP contribution in [0.1, 0.15) is 23.0 Å². The second-order valence-corrected chi connectivity index (χ2v) is 5.23. The summed E-state index contributed by atoms with van der Waals surface area (Å²) in [5.41, 5.74) is 2.52. The van der Waals surface area contributed by atoms with Crippen molar-refractivity contribution in [3.05, 3.63) is 59.8 Å². The lowest BCUT2D eigenvalue weighted by atomic mass is 10.2. The topological polar surface area (TPSA) is 56.1 Å². The number of fused-ring (bicyclic) bond motifs is 1. The molecule has 2 aromatic carbocycles. The molecule has 1 amide bonds. The van der Waals surface area contributed by atoms with Crippen molar-refractivity contribution < 1.29 is 9.53 Å². The van der Waals surface area contributed by atoms with E-state index < -0.39 is 0 Å². The van der Waals surface area contributed by atoms with Crippen molar-refractivity contribution in [1.82, 2.24) is 15.1 Å². The molecular weight excluding hydrogens is 290 g/mol. The third kappa shape index (κ3) is 3.18. The van der Waals surface area contributed by atoms with E-state index in [1.807, 2.05) is 42.9 Å². The van der Waals surface area contributed by atoms with Crippen LogP contribution in [0.25, 0.3) is 10.9 Å². The van der Waals surface area contributed by atoms with Crippen molar-refractivity contribution in [2.75, 3.05) is 6.61 Å². The largest absolute Gasteiger partial charge is 0.494 e. The predicted octanol–water partition coefficient (Wildman–Crippen LogP) is 2.90. The van der Waals surface area contributed by atoms with Gasteiger partial charge in [-0.2, -0.15) is 5.10 Å². The number of nitrogens with one attached hydrogen (secondary N) is 1. The van der Waals surface area contributed by atoms with Gasteiger partial charge in [-0.3, -0.25) is 9.48 Å². The van der Waals surface area contributed by atoms with E-state index in [1.165, 1.54) is 0 Å². The molecule has 118 valence electrons. The van der Waals surface area contributed by atoms with E-state index in [2.05, 4.69) is 10.4 Å². The third-order valence-corrected chi connectivity index (χ3v) is 3.68. The first-order chi connectivity index (χ1) is 11.2. The fourth-order valence-corrected chi connectivity index (χ4v) is 2.55. The molecule has 0 saturated heterocycles. The Morgan fingerprint density at radius 3 is 2.65 bits per heavy atom. The Morgan fingerprint density at radius 1 is 1.17 bits per heavy atom. The molecule has 0 bridgehead atoms. The van der Waals surface area contributed by atoms with Crippen LogP contribution >= 0.6 is 0 Å². The van der Waals surface area contributed by atoms with Crippen LogP contribution in [-0.2, 0) is 13.6 Å². The lowest BCUT2D eigenvalue weighted by molar-refractivity contribution is 0.0950. The highest BCUT2D eigenvalue weighted by Gasteiger charge is 2.10. The van der Waals surface area contributed by atoms with Crippen molar-refractivity contribution in [3.63, 3.8) is 0 Å². The quantitative estimate of drug-likeness (QED) is 0.788. The number of aromatic nitrogens is 2. The summed E-state index contributed by atoms with van der Waals surface area (Å²) >= 11 is 0. The molecule has 0 aliphatic rings. The van der Waals surface area contributed by atoms with E-state index in [1.54, 1.807) is 24.3 Å². The Hall–Kier alpha value is -2.82. The van der Waals surface area contributed by atoms with Crippen molar-refractivity contribution in [2.24, 2.45) is 7.05 Å². The van der Waals surface area contributed by atoms with E-state index in [-0.39, 0.29) is 5.91 Å². The number of carbonyl (C=O) groups is 1. The summed E-state index contributed by atoms with van der Waals surface area (Å²) in [6, 6.07) is 15.1. The summed E-state index contributed by atoms with van der Waals surface area (Å²) in [4.78, 5) is 12.2. The van der Waals surface area contributed by atoms with Crippen molar-refractivity contribution in [3.8, 4) is 5.75 Å². The molecule has 0 unspecified atom stereocenters. The average Bonchev–Trinajstić information content (AvgIpc) is 2.90. The molecule has 0 aliphatic heterocycles. The lowest BCUT2D eigenvalue weighted by Gasteiger charge is -2.06. The minimum atomic E-state index is -0.122. The molecule has 23 heavy (non-hydrogen) atoms. The Morgan fingerprint density at radius 2 is 1.91 bits per heavy atom. The maximum atomic E-state index is 12.2. The third-order valence-electron chi connectivity index (χ3n) is 3.68. The highest BCUT2D eigenvalue weighted by molar-refractivity contribution is 5.94. The summed E-state index contributed by atoms with van der Waals surface area (Å²) in [5, 5.41) is 8.45. The number of hydrogen-bond acceptors (Lipinski definition) is 3. The van der Waals surface area contributed by atoms with Gasteiger partial charge in [0.25, 0.3) is 5.91 Å². The number of benzene rings is 2. The normalized spacial score (nSPS) is 10.7. The number of amides is 1. The molecular formula is C18H19N3O2. The second-order valence-electron chi connectivity index (χ2n) is 5.23. The SMILES string of the molecule is CCOc1ccc(C(=O)NCc2nn(C)c3ccccc23)cc1. The van der Waals surface area contributed by atoms with E-state index in [9.17, 15) is 4.79 Å². The minimum Gasteiger partial charge on any atom is -0.494 e. The Labute approximate surface area is 134 Å². The van der Waals surface area contributed by atoms with Crippen LogP contribution in [0.2, 0.25) is 0 Å². The van der Waals surface area contributed by atoms with Crippen molar-refractivity contribution >= 4 is 16.8 Å². The van der Waals surface area contributed by atoms with Crippen LogP contribution < -0.4 is 10.1 Å². The van der Waals surface area contributed by atoms with Crippen molar-refractivity contribution in [1.29, 1.82) is 0 Å². The van der Waals surface area contributed by atoms with Crippen LogP contribution in [0.5, 0.6) is 5.75 Å². The van der Waals surface area contributed by atoms with Gasteiger partial charge in [-0.25, -0.2) is 0 Å². The van der Waals surface area contributed by atoms with Gasteiger partial charge < -0.3 is 10.1 Å². The molecule has 0 saturated carbocycles. The smallest absolute Gasteiger partial charge is 0.251 e. The molecule has 1 aromatic heterocycles. The molecule has 5 heteroatoms. The molecule has 5 nitrogen and oxygen atoms in total. The predicted molar refractivity (Wildman–Crippen MR) is 89.5 cm³/mol. The highest BCUT2D eigenvalue weighted by atomic mass is 16.5. The number of para-hydroxylation sites is 1.